The van der Waals surface area contributed by atoms with Gasteiger partial charge in [0.05, 0.1) is 10.6 Å². The molecule has 0 heterocycles. The fourth-order valence-corrected chi connectivity index (χ4v) is 7.04. The van der Waals surface area contributed by atoms with Crippen molar-refractivity contribution in [3.63, 3.8) is 0 Å². The van der Waals surface area contributed by atoms with Crippen LogP contribution in [0.4, 0.5) is 5.69 Å². The lowest BCUT2D eigenvalue weighted by molar-refractivity contribution is -0.140. The number of benzene rings is 4. The van der Waals surface area contributed by atoms with Crippen LogP contribution in [-0.2, 0) is 32.6 Å². The maximum Gasteiger partial charge on any atom is 0.264 e. The van der Waals surface area contributed by atoms with Crippen LogP contribution in [0.3, 0.4) is 0 Å². The molecule has 0 radical (unpaired) electrons. The Labute approximate surface area is 288 Å². The van der Waals surface area contributed by atoms with Crippen LogP contribution >= 0.6 is 23.2 Å². The van der Waals surface area contributed by atoms with Gasteiger partial charge in [0.25, 0.3) is 10.0 Å². The molecule has 0 spiro atoms. The Kier molecular flexibility index (Phi) is 12.1. The fourth-order valence-electron chi connectivity index (χ4n) is 5.16. The van der Waals surface area contributed by atoms with E-state index in [1.165, 1.54) is 17.0 Å². The highest BCUT2D eigenvalue weighted by Crippen LogP contribution is 2.28. The summed E-state index contributed by atoms with van der Waals surface area (Å²) >= 11 is 12.8. The zero-order chi connectivity index (χ0) is 34.3. The van der Waals surface area contributed by atoms with Gasteiger partial charge < -0.3 is 10.2 Å². The summed E-state index contributed by atoms with van der Waals surface area (Å²) in [5, 5.41) is 3.70. The number of nitrogens with one attached hydrogen (secondary N) is 1. The Morgan fingerprint density at radius 3 is 2.04 bits per heavy atom. The number of aryl methyl sites for hydroxylation is 1. The number of carbonyl (C=O) groups excluding carboxylic acids is 2. The zero-order valence-corrected chi connectivity index (χ0v) is 29.6. The highest BCUT2D eigenvalue weighted by molar-refractivity contribution is 7.92. The Morgan fingerprint density at radius 1 is 0.830 bits per heavy atom. The monoisotopic (exact) mass is 693 g/mol. The van der Waals surface area contributed by atoms with Gasteiger partial charge in [-0.25, -0.2) is 8.42 Å². The molecule has 0 aliphatic rings. The smallest absolute Gasteiger partial charge is 0.264 e. The summed E-state index contributed by atoms with van der Waals surface area (Å²) in [6, 6.07) is 26.8. The molecule has 1 N–H and O–H groups in total. The molecule has 10 heteroatoms. The number of halogens is 2. The van der Waals surface area contributed by atoms with Crippen LogP contribution in [0.25, 0.3) is 0 Å². The van der Waals surface area contributed by atoms with Gasteiger partial charge in [-0.15, -0.1) is 0 Å². The minimum absolute atomic E-state index is 0.0505. The molecule has 0 fully saturated rings. The fraction of sp³-hybridized carbons (Fsp3) is 0.297. The molecule has 0 unspecified atom stereocenters. The van der Waals surface area contributed by atoms with Gasteiger partial charge in [-0.2, -0.15) is 0 Å². The number of nitrogens with zero attached hydrogens (tertiary/aromatic N) is 2. The lowest BCUT2D eigenvalue weighted by Gasteiger charge is -2.34. The first-order valence-corrected chi connectivity index (χ1v) is 17.7. The molecular formula is C37H41Cl2N3O4S. The van der Waals surface area contributed by atoms with Gasteiger partial charge in [0.1, 0.15) is 12.6 Å². The van der Waals surface area contributed by atoms with Crippen LogP contribution in [0.15, 0.2) is 102 Å². The number of hydrogen-bond acceptors (Lipinski definition) is 4. The predicted molar refractivity (Wildman–Crippen MR) is 190 cm³/mol. The molecule has 0 saturated carbocycles. The third-order valence-corrected chi connectivity index (χ3v) is 10.2. The molecule has 0 aliphatic heterocycles. The van der Waals surface area contributed by atoms with E-state index in [0.29, 0.717) is 21.3 Å². The first kappa shape index (κ1) is 36.0. The first-order chi connectivity index (χ1) is 22.3. The molecule has 4 rings (SSSR count). The topological polar surface area (TPSA) is 86.8 Å². The van der Waals surface area contributed by atoms with Crippen molar-refractivity contribution in [2.24, 2.45) is 0 Å². The highest BCUT2D eigenvalue weighted by atomic mass is 35.5. The lowest BCUT2D eigenvalue weighted by atomic mass is 10.0. The summed E-state index contributed by atoms with van der Waals surface area (Å²) in [4.78, 5) is 29.9. The molecule has 1 atom stereocenters. The SMILES string of the molecule is Cc1ccc(S(=O)(=O)N(CC(=O)N(Cc2ccc(Cl)cc2Cl)[C@@H](Cc2ccccc2)C(=O)NC(C)C)c2ccc(C(C)C)cc2)cc1. The van der Waals surface area contributed by atoms with E-state index in [0.717, 1.165) is 21.0 Å². The van der Waals surface area contributed by atoms with Crippen molar-refractivity contribution in [2.45, 2.75) is 70.5 Å². The van der Waals surface area contributed by atoms with Gasteiger partial charge in [0, 0.05) is 29.1 Å². The number of sulfonamides is 1. The number of rotatable bonds is 13. The number of anilines is 1. The van der Waals surface area contributed by atoms with E-state index in [9.17, 15) is 18.0 Å². The van der Waals surface area contributed by atoms with Gasteiger partial charge in [0.15, 0.2) is 0 Å². The van der Waals surface area contributed by atoms with E-state index >= 15 is 0 Å². The summed E-state index contributed by atoms with van der Waals surface area (Å²) in [5.41, 5.74) is 3.66. The summed E-state index contributed by atoms with van der Waals surface area (Å²) in [6.07, 6.45) is 0.199. The van der Waals surface area contributed by atoms with Crippen LogP contribution in [0.1, 0.15) is 55.9 Å². The van der Waals surface area contributed by atoms with Gasteiger partial charge in [-0.3, -0.25) is 13.9 Å². The molecule has 0 aromatic heterocycles. The minimum atomic E-state index is -4.20. The van der Waals surface area contributed by atoms with Crippen molar-refractivity contribution in [3.8, 4) is 0 Å². The largest absolute Gasteiger partial charge is 0.352 e. The van der Waals surface area contributed by atoms with Crippen molar-refractivity contribution in [1.29, 1.82) is 0 Å². The Balaban J connectivity index is 1.83. The van der Waals surface area contributed by atoms with E-state index < -0.39 is 28.5 Å². The molecule has 2 amide bonds. The van der Waals surface area contributed by atoms with E-state index in [4.69, 9.17) is 23.2 Å². The van der Waals surface area contributed by atoms with Crippen LogP contribution < -0.4 is 9.62 Å². The Morgan fingerprint density at radius 2 is 1.47 bits per heavy atom. The van der Waals surface area contributed by atoms with Crippen molar-refractivity contribution >= 4 is 50.7 Å². The maximum atomic E-state index is 14.6. The van der Waals surface area contributed by atoms with Gasteiger partial charge >= 0.3 is 0 Å². The highest BCUT2D eigenvalue weighted by Gasteiger charge is 2.35. The summed E-state index contributed by atoms with van der Waals surface area (Å²) in [6.45, 7) is 9.05. The number of carbonyl (C=O) groups is 2. The van der Waals surface area contributed by atoms with Crippen molar-refractivity contribution in [1.82, 2.24) is 10.2 Å². The predicted octanol–water partition coefficient (Wildman–Crippen LogP) is 7.79. The molecule has 4 aromatic rings. The first-order valence-electron chi connectivity index (χ1n) is 15.5. The minimum Gasteiger partial charge on any atom is -0.352 e. The quantitative estimate of drug-likeness (QED) is 0.155. The molecular weight excluding hydrogens is 653 g/mol. The molecule has 4 aromatic carbocycles. The third kappa shape index (κ3) is 9.37. The lowest BCUT2D eigenvalue weighted by Crippen LogP contribution is -2.54. The van der Waals surface area contributed by atoms with Gasteiger partial charge in [0.2, 0.25) is 11.8 Å². The van der Waals surface area contributed by atoms with E-state index in [2.05, 4.69) is 5.32 Å². The number of amides is 2. The second-order valence-electron chi connectivity index (χ2n) is 12.2. The molecule has 0 aliphatic carbocycles. The Bertz CT molecular complexity index is 1780. The van der Waals surface area contributed by atoms with Gasteiger partial charge in [-0.05, 0) is 79.8 Å². The molecule has 47 heavy (non-hydrogen) atoms. The van der Waals surface area contributed by atoms with Crippen molar-refractivity contribution in [2.75, 3.05) is 10.8 Å². The second-order valence-corrected chi connectivity index (χ2v) is 14.9. The van der Waals surface area contributed by atoms with Crippen LogP contribution in [0, 0.1) is 6.92 Å². The number of hydrogen-bond donors (Lipinski definition) is 1. The Hall–Kier alpha value is -3.85. The van der Waals surface area contributed by atoms with E-state index in [-0.39, 0.29) is 35.7 Å². The van der Waals surface area contributed by atoms with E-state index in [1.807, 2.05) is 77.1 Å². The zero-order valence-electron chi connectivity index (χ0n) is 27.3. The average molecular weight is 695 g/mol. The van der Waals surface area contributed by atoms with Crippen molar-refractivity contribution < 1.29 is 18.0 Å². The van der Waals surface area contributed by atoms with Crippen molar-refractivity contribution in [3.05, 3.63) is 129 Å². The maximum absolute atomic E-state index is 14.6. The van der Waals surface area contributed by atoms with Crippen LogP contribution in [0.2, 0.25) is 10.0 Å². The summed E-state index contributed by atoms with van der Waals surface area (Å²) < 4.78 is 29.6. The van der Waals surface area contributed by atoms with E-state index in [1.54, 1.807) is 42.5 Å². The second kappa shape index (κ2) is 15.8. The normalized spacial score (nSPS) is 12.2. The summed E-state index contributed by atoms with van der Waals surface area (Å²) in [5.74, 6) is -0.707. The van der Waals surface area contributed by atoms with Crippen LogP contribution in [-0.4, -0.2) is 43.8 Å². The molecule has 0 saturated heterocycles. The average Bonchev–Trinajstić information content (AvgIpc) is 3.02. The van der Waals surface area contributed by atoms with Gasteiger partial charge in [-0.1, -0.05) is 103 Å². The standard InChI is InChI=1S/C37H41Cl2N3O4S/c1-25(2)29-14-17-32(18-15-29)42(47(45,46)33-19-11-27(5)12-20-33)24-36(43)41(23-30-13-16-31(38)22-34(30)39)35(37(44)40-26(3)4)21-28-9-7-6-8-10-28/h6-20,22,25-26,35H,21,23-24H2,1-5H3,(H,40,44)/t35-/m0/s1. The molecule has 7 nitrogen and oxygen atoms in total. The molecule has 248 valence electrons. The summed E-state index contributed by atoms with van der Waals surface area (Å²) in [7, 11) is -4.20. The third-order valence-electron chi connectivity index (χ3n) is 7.79. The van der Waals surface area contributed by atoms with Crippen LogP contribution in [0.5, 0.6) is 0 Å². The molecule has 0 bridgehead atoms.